The van der Waals surface area contributed by atoms with Gasteiger partial charge < -0.3 is 4.79 Å². The zero-order valence-corrected chi connectivity index (χ0v) is 10.5. The lowest BCUT2D eigenvalue weighted by atomic mass is 9.94. The molecule has 2 aromatic rings. The molecule has 0 saturated carbocycles. The molecule has 0 amide bonds. The number of aldehydes is 1. The molecule has 0 radical (unpaired) electrons. The second-order valence-corrected chi connectivity index (χ2v) is 5.08. The van der Waals surface area contributed by atoms with Gasteiger partial charge in [0.05, 0.1) is 0 Å². The van der Waals surface area contributed by atoms with Crippen LogP contribution < -0.4 is 0 Å². The van der Waals surface area contributed by atoms with Gasteiger partial charge in [0.1, 0.15) is 6.29 Å². The largest absolute Gasteiger partial charge is 0.303 e. The van der Waals surface area contributed by atoms with Gasteiger partial charge in [0, 0.05) is 5.92 Å². The van der Waals surface area contributed by atoms with E-state index in [0.717, 1.165) is 12.7 Å². The Morgan fingerprint density at radius 1 is 1.06 bits per heavy atom. The third kappa shape index (κ3) is 1.67. The SMILES string of the molecule is CC1Cc2c(-c3ccccc3)cccc2C1C=O. The number of hydrogen-bond acceptors (Lipinski definition) is 1. The van der Waals surface area contributed by atoms with Gasteiger partial charge in [-0.1, -0.05) is 55.5 Å². The maximum absolute atomic E-state index is 11.2. The monoisotopic (exact) mass is 236 g/mol. The van der Waals surface area contributed by atoms with Crippen LogP contribution >= 0.6 is 0 Å². The Bertz CT molecular complexity index is 571. The predicted molar refractivity (Wildman–Crippen MR) is 73.6 cm³/mol. The Morgan fingerprint density at radius 3 is 2.56 bits per heavy atom. The number of carbonyl (C=O) groups excluding carboxylic acids is 1. The molecule has 0 aliphatic heterocycles. The summed E-state index contributed by atoms with van der Waals surface area (Å²) in [6.45, 7) is 2.16. The highest BCUT2D eigenvalue weighted by Gasteiger charge is 2.30. The molecule has 2 aromatic carbocycles. The van der Waals surface area contributed by atoms with Gasteiger partial charge in [-0.2, -0.15) is 0 Å². The molecular formula is C17H16O. The van der Waals surface area contributed by atoms with Gasteiger partial charge in [-0.25, -0.2) is 0 Å². The summed E-state index contributed by atoms with van der Waals surface area (Å²) < 4.78 is 0. The molecule has 0 heterocycles. The molecule has 0 saturated heterocycles. The molecule has 2 atom stereocenters. The summed E-state index contributed by atoms with van der Waals surface area (Å²) in [5.74, 6) is 0.492. The minimum atomic E-state index is 0.0728. The smallest absolute Gasteiger partial charge is 0.127 e. The summed E-state index contributed by atoms with van der Waals surface area (Å²) in [5, 5.41) is 0. The molecular weight excluding hydrogens is 220 g/mol. The van der Waals surface area contributed by atoms with Gasteiger partial charge in [0.2, 0.25) is 0 Å². The van der Waals surface area contributed by atoms with E-state index in [1.54, 1.807) is 0 Å². The van der Waals surface area contributed by atoms with E-state index in [1.807, 2.05) is 6.07 Å². The number of benzene rings is 2. The maximum Gasteiger partial charge on any atom is 0.127 e. The average Bonchev–Trinajstić information content (AvgIpc) is 2.74. The molecule has 90 valence electrons. The van der Waals surface area contributed by atoms with Crippen molar-refractivity contribution in [2.75, 3.05) is 0 Å². The summed E-state index contributed by atoms with van der Waals surface area (Å²) in [4.78, 5) is 11.2. The molecule has 0 bridgehead atoms. The van der Waals surface area contributed by atoms with Crippen LogP contribution in [-0.4, -0.2) is 6.29 Å². The van der Waals surface area contributed by atoms with Crippen molar-refractivity contribution in [2.24, 2.45) is 5.92 Å². The fraction of sp³-hybridized carbons (Fsp3) is 0.235. The van der Waals surface area contributed by atoms with E-state index in [0.29, 0.717) is 5.92 Å². The van der Waals surface area contributed by atoms with Crippen molar-refractivity contribution in [3.63, 3.8) is 0 Å². The molecule has 1 aliphatic carbocycles. The van der Waals surface area contributed by atoms with E-state index in [1.165, 1.54) is 22.3 Å². The molecule has 1 aliphatic rings. The van der Waals surface area contributed by atoms with Crippen LogP contribution in [0, 0.1) is 5.92 Å². The molecule has 18 heavy (non-hydrogen) atoms. The van der Waals surface area contributed by atoms with E-state index in [2.05, 4.69) is 49.4 Å². The number of rotatable bonds is 2. The first kappa shape index (κ1) is 11.2. The van der Waals surface area contributed by atoms with Crippen LogP contribution in [0.4, 0.5) is 0 Å². The quantitative estimate of drug-likeness (QED) is 0.724. The fourth-order valence-electron chi connectivity index (χ4n) is 3.00. The van der Waals surface area contributed by atoms with Gasteiger partial charge in [0.15, 0.2) is 0 Å². The summed E-state index contributed by atoms with van der Waals surface area (Å²) in [6.07, 6.45) is 2.11. The Hall–Kier alpha value is -1.89. The Labute approximate surface area is 107 Å². The summed E-state index contributed by atoms with van der Waals surface area (Å²) in [5.41, 5.74) is 5.10. The second kappa shape index (κ2) is 4.41. The topological polar surface area (TPSA) is 17.1 Å². The molecule has 3 rings (SSSR count). The second-order valence-electron chi connectivity index (χ2n) is 5.08. The number of hydrogen-bond donors (Lipinski definition) is 0. The van der Waals surface area contributed by atoms with Crippen molar-refractivity contribution in [2.45, 2.75) is 19.3 Å². The minimum Gasteiger partial charge on any atom is -0.303 e. The van der Waals surface area contributed by atoms with Crippen LogP contribution in [0.3, 0.4) is 0 Å². The van der Waals surface area contributed by atoms with Crippen molar-refractivity contribution < 1.29 is 4.79 Å². The molecule has 0 N–H and O–H groups in total. The van der Waals surface area contributed by atoms with Crippen LogP contribution in [0.25, 0.3) is 11.1 Å². The zero-order chi connectivity index (χ0) is 12.5. The molecule has 0 fully saturated rings. The van der Waals surface area contributed by atoms with Crippen LogP contribution in [0.15, 0.2) is 48.5 Å². The Morgan fingerprint density at radius 2 is 1.83 bits per heavy atom. The molecule has 1 heteroatoms. The molecule has 0 spiro atoms. The minimum absolute atomic E-state index is 0.0728. The third-order valence-electron chi connectivity index (χ3n) is 3.94. The lowest BCUT2D eigenvalue weighted by Gasteiger charge is -2.09. The lowest BCUT2D eigenvalue weighted by molar-refractivity contribution is -0.109. The summed E-state index contributed by atoms with van der Waals surface area (Å²) in [6, 6.07) is 16.7. The average molecular weight is 236 g/mol. The number of carbonyl (C=O) groups is 1. The lowest BCUT2D eigenvalue weighted by Crippen LogP contribution is -2.03. The third-order valence-corrected chi connectivity index (χ3v) is 3.94. The molecule has 2 unspecified atom stereocenters. The fourth-order valence-corrected chi connectivity index (χ4v) is 3.00. The first-order valence-electron chi connectivity index (χ1n) is 6.43. The predicted octanol–water partition coefficient (Wildman–Crippen LogP) is 3.83. The highest BCUT2D eigenvalue weighted by Crippen LogP contribution is 2.41. The highest BCUT2D eigenvalue weighted by atomic mass is 16.1. The van der Waals surface area contributed by atoms with Gasteiger partial charge in [-0.15, -0.1) is 0 Å². The number of fused-ring (bicyclic) bond motifs is 1. The van der Waals surface area contributed by atoms with E-state index < -0.39 is 0 Å². The van der Waals surface area contributed by atoms with Gasteiger partial charge in [-0.3, -0.25) is 0 Å². The van der Waals surface area contributed by atoms with Crippen LogP contribution in [0.5, 0.6) is 0 Å². The molecule has 1 nitrogen and oxygen atoms in total. The van der Waals surface area contributed by atoms with Gasteiger partial charge >= 0.3 is 0 Å². The van der Waals surface area contributed by atoms with Crippen LogP contribution in [0.2, 0.25) is 0 Å². The summed E-state index contributed by atoms with van der Waals surface area (Å²) in [7, 11) is 0. The van der Waals surface area contributed by atoms with E-state index in [9.17, 15) is 4.79 Å². The first-order chi connectivity index (χ1) is 8.81. The van der Waals surface area contributed by atoms with Gasteiger partial charge in [-0.05, 0) is 34.6 Å². The van der Waals surface area contributed by atoms with Crippen molar-refractivity contribution in [3.05, 3.63) is 59.7 Å². The maximum atomic E-state index is 11.2. The van der Waals surface area contributed by atoms with Gasteiger partial charge in [0.25, 0.3) is 0 Å². The first-order valence-corrected chi connectivity index (χ1v) is 6.43. The van der Waals surface area contributed by atoms with Crippen LogP contribution in [0.1, 0.15) is 24.0 Å². The van der Waals surface area contributed by atoms with Crippen molar-refractivity contribution >= 4 is 6.29 Å². The zero-order valence-electron chi connectivity index (χ0n) is 10.5. The highest BCUT2D eigenvalue weighted by molar-refractivity contribution is 5.74. The normalized spacial score (nSPS) is 21.6. The van der Waals surface area contributed by atoms with E-state index in [4.69, 9.17) is 0 Å². The van der Waals surface area contributed by atoms with Crippen molar-refractivity contribution in [1.29, 1.82) is 0 Å². The standard InChI is InChI=1S/C17H16O/c1-12-10-16-14(13-6-3-2-4-7-13)8-5-9-15(16)17(12)11-18/h2-9,11-12,17H,10H2,1H3. The van der Waals surface area contributed by atoms with E-state index in [-0.39, 0.29) is 5.92 Å². The molecule has 0 aromatic heterocycles. The Balaban J connectivity index is 2.15. The van der Waals surface area contributed by atoms with Crippen molar-refractivity contribution in [1.82, 2.24) is 0 Å². The van der Waals surface area contributed by atoms with Crippen molar-refractivity contribution in [3.8, 4) is 11.1 Å². The van der Waals surface area contributed by atoms with Crippen LogP contribution in [-0.2, 0) is 11.2 Å². The summed E-state index contributed by atoms with van der Waals surface area (Å²) >= 11 is 0. The van der Waals surface area contributed by atoms with E-state index >= 15 is 0 Å². The Kier molecular flexibility index (Phi) is 2.75.